The van der Waals surface area contributed by atoms with Gasteiger partial charge in [0.25, 0.3) is 0 Å². The molecule has 3 rings (SSSR count). The highest BCUT2D eigenvalue weighted by Crippen LogP contribution is 2.20. The minimum Gasteiger partial charge on any atom is -0.741 e. The molecule has 29 heavy (non-hydrogen) atoms. The van der Waals surface area contributed by atoms with Gasteiger partial charge in [-0.15, -0.1) is 4.68 Å². The van der Waals surface area contributed by atoms with Gasteiger partial charge in [-0.2, -0.15) is 13.2 Å². The monoisotopic (exact) mass is 447 g/mol. The molecule has 3 aromatic rings. The summed E-state index contributed by atoms with van der Waals surface area (Å²) in [5.41, 5.74) is -2.33. The number of rotatable bonds is 4. The summed E-state index contributed by atoms with van der Waals surface area (Å²) in [6, 6.07) is 18.5. The molecule has 0 fully saturated rings. The number of nitrogens with zero attached hydrogens (tertiary/aromatic N) is 3. The minimum absolute atomic E-state index is 0.739. The topological polar surface area (TPSA) is 88.1 Å². The van der Waals surface area contributed by atoms with Gasteiger partial charge in [0.15, 0.2) is 10.1 Å². The third kappa shape index (κ3) is 6.54. The maximum absolute atomic E-state index is 10.7. The second kappa shape index (κ2) is 8.51. The molecule has 0 saturated carbocycles. The second-order valence-corrected chi connectivity index (χ2v) is 12.8. The molecule has 1 heterocycles. The first-order chi connectivity index (χ1) is 13.3. The summed E-state index contributed by atoms with van der Waals surface area (Å²) in [4.78, 5) is 1.69. The molecule has 1 aromatic heterocycles. The van der Waals surface area contributed by atoms with Crippen LogP contribution in [0, 0.1) is 0 Å². The van der Waals surface area contributed by atoms with Gasteiger partial charge >= 0.3 is 13.8 Å². The number of alkyl halides is 3. The summed E-state index contributed by atoms with van der Waals surface area (Å²) >= 11 is 0. The number of fused-ring (bicyclic) bond motifs is 1. The highest BCUT2D eigenvalue weighted by atomic mass is 32.2. The molecule has 2 aromatic carbocycles. The molecule has 0 unspecified atom stereocenters. The molecule has 7 nitrogen and oxygen atoms in total. The van der Waals surface area contributed by atoms with Crippen molar-refractivity contribution in [2.24, 2.45) is 0 Å². The molecule has 0 amide bonds. The summed E-state index contributed by atoms with van der Waals surface area (Å²) < 4.78 is 67.0. The molecule has 158 valence electrons. The predicted molar refractivity (Wildman–Crippen MR) is 101 cm³/mol. The fourth-order valence-corrected chi connectivity index (χ4v) is 2.89. The molecule has 0 aliphatic heterocycles. The summed E-state index contributed by atoms with van der Waals surface area (Å²) in [6.45, 7) is 7.21. The lowest BCUT2D eigenvalue weighted by molar-refractivity contribution is -0.726. The second-order valence-electron chi connectivity index (χ2n) is 7.00. The minimum atomic E-state index is -6.09. The number of para-hydroxylation sites is 2. The lowest BCUT2D eigenvalue weighted by atomic mass is 10.2. The van der Waals surface area contributed by atoms with Gasteiger partial charge in [0.2, 0.25) is 11.0 Å². The summed E-state index contributed by atoms with van der Waals surface area (Å²) in [7, 11) is -7.80. The third-order valence-corrected chi connectivity index (χ3v) is 4.66. The molecule has 12 heteroatoms. The third-order valence-electron chi connectivity index (χ3n) is 3.37. The average molecular weight is 448 g/mol. The first kappa shape index (κ1) is 22.8. The van der Waals surface area contributed by atoms with Crippen molar-refractivity contribution < 1.29 is 35.4 Å². The number of aromatic nitrogens is 3. The van der Waals surface area contributed by atoms with Gasteiger partial charge in [-0.25, -0.2) is 8.42 Å². The fraction of sp³-hybridized carbons (Fsp3) is 0.294. The normalized spacial score (nSPS) is 12.4. The van der Waals surface area contributed by atoms with Crippen LogP contribution < -0.4 is 9.21 Å². The first-order valence-electron chi connectivity index (χ1n) is 8.41. The van der Waals surface area contributed by atoms with E-state index < -0.39 is 23.9 Å². The maximum Gasteiger partial charge on any atom is 0.485 e. The lowest BCUT2D eigenvalue weighted by Gasteiger charge is -2.11. The van der Waals surface area contributed by atoms with Gasteiger partial charge in [0, 0.05) is 4.85 Å². The quantitative estimate of drug-likeness (QED) is 0.266. The van der Waals surface area contributed by atoms with Crippen LogP contribution in [0.25, 0.3) is 11.0 Å². The highest BCUT2D eigenvalue weighted by molar-refractivity contribution is 7.86. The number of hydrogen-bond acceptors (Lipinski definition) is 5. The Kier molecular flexibility index (Phi) is 6.70. The molecule has 0 saturated heterocycles. The zero-order chi connectivity index (χ0) is 21.9. The van der Waals surface area contributed by atoms with Gasteiger partial charge < -0.3 is 9.08 Å². The lowest BCUT2D eigenvalue weighted by Crippen LogP contribution is -2.42. The van der Waals surface area contributed by atoms with E-state index in [0.717, 1.165) is 17.6 Å². The van der Waals surface area contributed by atoms with Crippen molar-refractivity contribution in [2.75, 3.05) is 0 Å². The van der Waals surface area contributed by atoms with Crippen molar-refractivity contribution in [2.45, 2.75) is 31.7 Å². The Balaban J connectivity index is 0.000000321. The number of benzene rings is 2. The van der Waals surface area contributed by atoms with Gasteiger partial charge in [-0.05, 0) is 37.3 Å². The van der Waals surface area contributed by atoms with E-state index in [2.05, 4.69) is 43.1 Å². The van der Waals surface area contributed by atoms with Crippen LogP contribution in [-0.2, 0) is 16.7 Å². The summed E-state index contributed by atoms with van der Waals surface area (Å²) in [5.74, 6) is 0. The Bertz CT molecular complexity index is 1060. The number of halogens is 3. The van der Waals surface area contributed by atoms with E-state index in [1.54, 1.807) is 4.85 Å². The van der Waals surface area contributed by atoms with E-state index >= 15 is 0 Å². The van der Waals surface area contributed by atoms with E-state index in [-0.39, 0.29) is 0 Å². The Labute approximate surface area is 167 Å². The van der Waals surface area contributed by atoms with Crippen LogP contribution in [0.3, 0.4) is 0 Å². The van der Waals surface area contributed by atoms with E-state index in [4.69, 9.17) is 17.5 Å². The van der Waals surface area contributed by atoms with E-state index in [9.17, 15) is 13.2 Å². The predicted octanol–water partition coefficient (Wildman–Crippen LogP) is 2.69. The molecule has 0 bridgehead atoms. The molecular formula is C17H20F3N3O4SSi. The highest BCUT2D eigenvalue weighted by Gasteiger charge is 2.37. The summed E-state index contributed by atoms with van der Waals surface area (Å²) in [5, 5.41) is 4.62. The van der Waals surface area contributed by atoms with Gasteiger partial charge in [-0.1, -0.05) is 42.5 Å². The summed E-state index contributed by atoms with van der Waals surface area (Å²) in [6.07, 6.45) is 0. The Morgan fingerprint density at radius 2 is 1.59 bits per heavy atom. The Morgan fingerprint density at radius 1 is 1.07 bits per heavy atom. The maximum atomic E-state index is 10.7. The van der Waals surface area contributed by atoms with Crippen LogP contribution in [0.4, 0.5) is 13.2 Å². The van der Waals surface area contributed by atoms with Crippen LogP contribution >= 0.6 is 0 Å². The van der Waals surface area contributed by atoms with Crippen molar-refractivity contribution >= 4 is 29.5 Å². The smallest absolute Gasteiger partial charge is 0.485 e. The van der Waals surface area contributed by atoms with Crippen LogP contribution in [0.5, 0.6) is 0 Å². The SMILES string of the molecule is C[Si](C)(C)On1n[n+](Cc2ccccc2)c2ccccc21.O=S(=O)([O-])C(F)(F)F. The van der Waals surface area contributed by atoms with Crippen LogP contribution in [0.15, 0.2) is 54.6 Å². The molecule has 0 N–H and O–H groups in total. The Morgan fingerprint density at radius 3 is 2.10 bits per heavy atom. The average Bonchev–Trinajstić information content (AvgIpc) is 2.91. The van der Waals surface area contributed by atoms with Crippen molar-refractivity contribution in [1.29, 1.82) is 0 Å². The van der Waals surface area contributed by atoms with Gasteiger partial charge in [0.05, 0.1) is 0 Å². The van der Waals surface area contributed by atoms with Crippen molar-refractivity contribution in [3.05, 3.63) is 60.2 Å². The van der Waals surface area contributed by atoms with E-state index in [0.29, 0.717) is 0 Å². The van der Waals surface area contributed by atoms with E-state index in [1.165, 1.54) is 5.56 Å². The van der Waals surface area contributed by atoms with E-state index in [1.807, 2.05) is 41.1 Å². The van der Waals surface area contributed by atoms with Crippen LogP contribution in [0.1, 0.15) is 5.56 Å². The molecule has 0 atom stereocenters. The van der Waals surface area contributed by atoms with Gasteiger partial charge in [0.1, 0.15) is 11.8 Å². The van der Waals surface area contributed by atoms with Gasteiger partial charge in [-0.3, -0.25) is 0 Å². The van der Waals surface area contributed by atoms with Crippen molar-refractivity contribution in [3.8, 4) is 0 Å². The van der Waals surface area contributed by atoms with Crippen molar-refractivity contribution in [1.82, 2.24) is 10.1 Å². The zero-order valence-electron chi connectivity index (χ0n) is 15.9. The fourth-order valence-electron chi connectivity index (χ4n) is 2.24. The van der Waals surface area contributed by atoms with Crippen LogP contribution in [-0.4, -0.2) is 36.9 Å². The first-order valence-corrected chi connectivity index (χ1v) is 13.2. The molecule has 0 aliphatic carbocycles. The van der Waals surface area contributed by atoms with Crippen LogP contribution in [0.2, 0.25) is 19.6 Å². The molecule has 0 radical (unpaired) electrons. The zero-order valence-corrected chi connectivity index (χ0v) is 17.7. The molecular weight excluding hydrogens is 427 g/mol. The number of hydrogen-bond donors (Lipinski definition) is 0. The largest absolute Gasteiger partial charge is 0.741 e. The molecule has 0 spiro atoms. The molecule has 0 aliphatic rings. The Hall–Kier alpha value is -2.44. The van der Waals surface area contributed by atoms with Crippen molar-refractivity contribution in [3.63, 3.8) is 0 Å². The standard InChI is InChI=1S/C16H20N3OSi.CHF3O3S/c1-21(2,3)20-19-16-12-8-7-11-15(16)18(17-19)13-14-9-5-4-6-10-14;2-1(3,4)8(5,6)7/h4-12H,13H2,1-3H3;(H,5,6,7)/q+1;/p-1.